The standard InChI is InChI=1S/C47H58BrClF2N8O9S/c1-45(2,3)67-42(63)53-21-11-14-33-38(60)57-34(18-19-47(50,51)26-56-43(64)68-46(4,5)6)41(62)58(7)36(22-28-25-59(44(65)66)35-15-9-8-13-29(28)35)39(61)55-24-30-31(48)16-17-32(49)37(30)69-40-27(23-54-33)12-10-20-52-40/h8-10,12-13,15-17,20,25,33-34,36,54H,11,14,18-19,21-24,26H2,1-7H3,(H,53,63)(H,55,61)(H,56,64)(H,57,60)(H,65,66)/t33-,34-,36-/m0/s1. The lowest BCUT2D eigenvalue weighted by atomic mass is 10.00. The van der Waals surface area contributed by atoms with E-state index < -0.39 is 90.6 Å². The van der Waals surface area contributed by atoms with Crippen molar-refractivity contribution in [3.05, 3.63) is 87.1 Å². The highest BCUT2D eigenvalue weighted by atomic mass is 79.9. The van der Waals surface area contributed by atoms with Gasteiger partial charge in [-0.1, -0.05) is 63.6 Å². The van der Waals surface area contributed by atoms with Crippen LogP contribution in [-0.2, 0) is 43.4 Å². The first-order valence-corrected chi connectivity index (χ1v) is 24.1. The molecule has 0 saturated carbocycles. The predicted octanol–water partition coefficient (Wildman–Crippen LogP) is 8.02. The number of fused-ring (bicyclic) bond motifs is 3. The highest BCUT2D eigenvalue weighted by molar-refractivity contribution is 9.10. The fourth-order valence-electron chi connectivity index (χ4n) is 7.33. The van der Waals surface area contributed by atoms with Crippen molar-refractivity contribution in [2.75, 3.05) is 20.1 Å². The van der Waals surface area contributed by atoms with E-state index in [0.717, 1.165) is 9.47 Å². The number of nitrogens with one attached hydrogen (secondary N) is 5. The molecule has 0 aliphatic carbocycles. The number of alkyl carbamates (subject to hydrolysis) is 2. The smallest absolute Gasteiger partial charge is 0.416 e. The van der Waals surface area contributed by atoms with Gasteiger partial charge in [0, 0.05) is 72.2 Å². The topological polar surface area (TPSA) is 222 Å². The molecule has 69 heavy (non-hydrogen) atoms. The zero-order valence-electron chi connectivity index (χ0n) is 39.3. The number of halogens is 4. The quantitative estimate of drug-likeness (QED) is 0.0787. The Labute approximate surface area is 416 Å². The zero-order chi connectivity index (χ0) is 50.8. The molecule has 1 aliphatic heterocycles. The summed E-state index contributed by atoms with van der Waals surface area (Å²) >= 11 is 11.7. The molecule has 6 N–H and O–H groups in total. The molecule has 2 aromatic heterocycles. The Morgan fingerprint density at radius 3 is 2.29 bits per heavy atom. The lowest BCUT2D eigenvalue weighted by molar-refractivity contribution is -0.142. The number of carbonyl (C=O) groups is 6. The van der Waals surface area contributed by atoms with Gasteiger partial charge in [0.15, 0.2) is 0 Å². The normalized spacial score (nSPS) is 17.8. The van der Waals surface area contributed by atoms with Crippen LogP contribution in [0.25, 0.3) is 10.9 Å². The molecule has 3 atom stereocenters. The highest BCUT2D eigenvalue weighted by Crippen LogP contribution is 2.40. The second-order valence-corrected chi connectivity index (χ2v) is 20.7. The monoisotopic (exact) mass is 1060 g/mol. The number of likely N-dealkylation sites (N-methyl/N-ethyl adjacent to an activating group) is 1. The van der Waals surface area contributed by atoms with Crippen LogP contribution < -0.4 is 26.6 Å². The summed E-state index contributed by atoms with van der Waals surface area (Å²) < 4.78 is 43.4. The molecule has 17 nitrogen and oxygen atoms in total. The summed E-state index contributed by atoms with van der Waals surface area (Å²) in [7, 11) is 1.30. The Morgan fingerprint density at radius 1 is 0.928 bits per heavy atom. The molecule has 0 bridgehead atoms. The first kappa shape index (κ1) is 54.4. The van der Waals surface area contributed by atoms with Crippen molar-refractivity contribution in [1.29, 1.82) is 0 Å². The number of pyridine rings is 1. The minimum absolute atomic E-state index is 0.0599. The van der Waals surface area contributed by atoms with Gasteiger partial charge in [-0.3, -0.25) is 19.0 Å². The van der Waals surface area contributed by atoms with E-state index in [4.69, 9.17) is 21.1 Å². The number of nitrogens with zero attached hydrogens (tertiary/aromatic N) is 3. The lowest BCUT2D eigenvalue weighted by Crippen LogP contribution is -2.57. The van der Waals surface area contributed by atoms with E-state index in [2.05, 4.69) is 47.5 Å². The van der Waals surface area contributed by atoms with Gasteiger partial charge in [-0.05, 0) is 96.2 Å². The van der Waals surface area contributed by atoms with E-state index in [-0.39, 0.29) is 38.9 Å². The maximum atomic E-state index is 15.7. The van der Waals surface area contributed by atoms with Crippen molar-refractivity contribution in [3.63, 3.8) is 0 Å². The van der Waals surface area contributed by atoms with Crippen LogP contribution in [0.2, 0.25) is 5.02 Å². The Morgan fingerprint density at radius 2 is 1.61 bits per heavy atom. The van der Waals surface area contributed by atoms with E-state index in [1.54, 1.807) is 96.3 Å². The van der Waals surface area contributed by atoms with Gasteiger partial charge >= 0.3 is 18.3 Å². The zero-order valence-corrected chi connectivity index (χ0v) is 42.5. The van der Waals surface area contributed by atoms with Crippen molar-refractivity contribution in [3.8, 4) is 0 Å². The number of amides is 5. The summed E-state index contributed by atoms with van der Waals surface area (Å²) in [5, 5.41) is 25.0. The minimum atomic E-state index is -3.61. The van der Waals surface area contributed by atoms with Crippen molar-refractivity contribution < 1.29 is 52.1 Å². The average Bonchev–Trinajstić information content (AvgIpc) is 3.64. The Bertz CT molecular complexity index is 2540. The Hall–Kier alpha value is -5.51. The van der Waals surface area contributed by atoms with Crippen molar-refractivity contribution >= 4 is 86.2 Å². The van der Waals surface area contributed by atoms with Gasteiger partial charge < -0.3 is 46.1 Å². The maximum absolute atomic E-state index is 15.7. The number of carboxylic acid groups (broad SMARTS) is 1. The number of hydrogen-bond acceptors (Lipinski definition) is 11. The summed E-state index contributed by atoms with van der Waals surface area (Å²) in [5.74, 6) is -5.96. The summed E-state index contributed by atoms with van der Waals surface area (Å²) in [6.07, 6.45) is -1.69. The van der Waals surface area contributed by atoms with Gasteiger partial charge in [0.25, 0.3) is 5.92 Å². The Kier molecular flexibility index (Phi) is 18.5. The van der Waals surface area contributed by atoms with Gasteiger partial charge in [-0.2, -0.15) is 0 Å². The molecule has 374 valence electrons. The summed E-state index contributed by atoms with van der Waals surface area (Å²) in [4.78, 5) is 87.4. The largest absolute Gasteiger partial charge is 0.464 e. The van der Waals surface area contributed by atoms with E-state index >= 15 is 8.78 Å². The average molecular weight is 1060 g/mol. The van der Waals surface area contributed by atoms with Gasteiger partial charge in [0.05, 0.1) is 23.1 Å². The van der Waals surface area contributed by atoms with E-state index in [0.29, 0.717) is 47.0 Å². The maximum Gasteiger partial charge on any atom is 0.416 e. The number of aromatic nitrogens is 2. The van der Waals surface area contributed by atoms with Crippen LogP contribution in [0.4, 0.5) is 23.2 Å². The van der Waals surface area contributed by atoms with Gasteiger partial charge in [-0.25, -0.2) is 28.1 Å². The number of alkyl halides is 2. The minimum Gasteiger partial charge on any atom is -0.464 e. The Balaban J connectivity index is 1.58. The molecule has 1 aliphatic rings. The van der Waals surface area contributed by atoms with Crippen LogP contribution in [0.15, 0.2) is 75.3 Å². The molecular formula is C47H58BrClF2N8O9S. The molecule has 5 rings (SSSR count). The summed E-state index contributed by atoms with van der Waals surface area (Å²) in [6, 6.07) is 9.37. The van der Waals surface area contributed by atoms with Crippen molar-refractivity contribution in [2.45, 2.75) is 132 Å². The molecule has 2 aromatic carbocycles. The molecule has 5 amide bonds. The van der Waals surface area contributed by atoms with Gasteiger partial charge in [-0.15, -0.1) is 0 Å². The molecule has 0 fully saturated rings. The third-order valence-corrected chi connectivity index (χ3v) is 13.1. The number of hydrogen-bond donors (Lipinski definition) is 6. The van der Waals surface area contributed by atoms with Crippen LogP contribution >= 0.6 is 39.3 Å². The van der Waals surface area contributed by atoms with Crippen LogP contribution in [0, 0.1) is 0 Å². The molecule has 4 aromatic rings. The second-order valence-electron chi connectivity index (χ2n) is 18.4. The van der Waals surface area contributed by atoms with Crippen molar-refractivity contribution in [1.82, 2.24) is 41.0 Å². The van der Waals surface area contributed by atoms with Crippen LogP contribution in [0.5, 0.6) is 0 Å². The van der Waals surface area contributed by atoms with E-state index in [1.807, 2.05) is 0 Å². The fourth-order valence-corrected chi connectivity index (χ4v) is 9.28. The molecule has 0 spiro atoms. The van der Waals surface area contributed by atoms with Crippen molar-refractivity contribution in [2.24, 2.45) is 0 Å². The first-order valence-electron chi connectivity index (χ1n) is 22.1. The van der Waals surface area contributed by atoms with Crippen LogP contribution in [0.3, 0.4) is 0 Å². The summed E-state index contributed by atoms with van der Waals surface area (Å²) in [5.41, 5.74) is 0.192. The van der Waals surface area contributed by atoms with Crippen LogP contribution in [-0.4, -0.2) is 111 Å². The summed E-state index contributed by atoms with van der Waals surface area (Å²) in [6.45, 7) is 8.77. The third kappa shape index (κ3) is 15.7. The number of para-hydroxylation sites is 1. The fraction of sp³-hybridized carbons (Fsp3) is 0.468. The molecule has 0 unspecified atom stereocenters. The molecule has 22 heteroatoms. The predicted molar refractivity (Wildman–Crippen MR) is 259 cm³/mol. The van der Waals surface area contributed by atoms with Gasteiger partial charge in [0.2, 0.25) is 17.7 Å². The number of benzene rings is 2. The third-order valence-electron chi connectivity index (χ3n) is 10.7. The van der Waals surface area contributed by atoms with E-state index in [9.17, 15) is 33.9 Å². The van der Waals surface area contributed by atoms with Gasteiger partial charge in [0.1, 0.15) is 28.3 Å². The highest BCUT2D eigenvalue weighted by Gasteiger charge is 2.38. The SMILES string of the molecule is CN1C(=O)[C@H](CCC(F)(F)CNC(=O)OC(C)(C)C)NC(=O)[C@H](CCCNC(=O)OC(C)(C)C)NCc2cccnc2Sc2c(Cl)ccc(Br)c2CNC(=O)[C@@H]1Cc1cn(C(=O)O)c2ccccc12. The molecule has 0 radical (unpaired) electrons. The second kappa shape index (κ2) is 23.4. The number of ether oxygens (including phenoxy) is 2. The molecule has 0 saturated heterocycles. The van der Waals surface area contributed by atoms with Crippen LogP contribution in [0.1, 0.15) is 83.9 Å². The molecular weight excluding hydrogens is 1010 g/mol. The number of rotatable bonds is 11. The number of carbonyl (C=O) groups excluding carboxylic acids is 5. The first-order chi connectivity index (χ1) is 32.3. The van der Waals surface area contributed by atoms with E-state index in [1.165, 1.54) is 25.0 Å². The molecule has 3 heterocycles. The lowest BCUT2D eigenvalue weighted by Gasteiger charge is -2.32.